The van der Waals surface area contributed by atoms with Crippen LogP contribution in [0.2, 0.25) is 0 Å². The summed E-state index contributed by atoms with van der Waals surface area (Å²) < 4.78 is 13.3. The minimum atomic E-state index is -0.615. The van der Waals surface area contributed by atoms with Crippen LogP contribution in [-0.4, -0.2) is 22.7 Å². The summed E-state index contributed by atoms with van der Waals surface area (Å²) in [4.78, 5) is 10.2. The van der Waals surface area contributed by atoms with Crippen LogP contribution in [0.5, 0.6) is 0 Å². The second kappa shape index (κ2) is 6.30. The number of nitro groups is 1. The average molecular weight is 256 g/mol. The summed E-state index contributed by atoms with van der Waals surface area (Å²) in [6.45, 7) is 3.46. The molecule has 0 radical (unpaired) electrons. The maximum atomic E-state index is 13.3. The van der Waals surface area contributed by atoms with Crippen LogP contribution < -0.4 is 5.32 Å². The van der Waals surface area contributed by atoms with Crippen molar-refractivity contribution in [1.82, 2.24) is 0 Å². The van der Waals surface area contributed by atoms with Crippen molar-refractivity contribution in [3.63, 3.8) is 0 Å². The molecule has 0 saturated heterocycles. The zero-order valence-electron chi connectivity index (χ0n) is 10.4. The fraction of sp³-hybridized carbons (Fsp3) is 0.500. The summed E-state index contributed by atoms with van der Waals surface area (Å²) in [6, 6.07) is 2.27. The van der Waals surface area contributed by atoms with Gasteiger partial charge >= 0.3 is 0 Å². The summed E-state index contributed by atoms with van der Waals surface area (Å²) >= 11 is 0. The number of aryl methyl sites for hydroxylation is 1. The number of hydrogen-bond donors (Lipinski definition) is 2. The largest absolute Gasteiger partial charge is 0.396 e. The maximum Gasteiger partial charge on any atom is 0.295 e. The third-order valence-electron chi connectivity index (χ3n) is 2.80. The molecule has 0 bridgehead atoms. The van der Waals surface area contributed by atoms with Crippen molar-refractivity contribution in [3.8, 4) is 0 Å². The number of nitro benzene ring substituents is 1. The average Bonchev–Trinajstić information content (AvgIpc) is 2.32. The Bertz CT molecular complexity index is 438. The fourth-order valence-electron chi connectivity index (χ4n) is 1.69. The number of halogens is 1. The number of nitrogens with zero attached hydrogens (tertiary/aromatic N) is 1. The van der Waals surface area contributed by atoms with Crippen LogP contribution in [0.15, 0.2) is 12.1 Å². The van der Waals surface area contributed by atoms with Gasteiger partial charge in [0.2, 0.25) is 0 Å². The van der Waals surface area contributed by atoms with Gasteiger partial charge in [0.05, 0.1) is 11.0 Å². The van der Waals surface area contributed by atoms with Crippen molar-refractivity contribution >= 4 is 11.4 Å². The molecule has 0 heterocycles. The zero-order chi connectivity index (χ0) is 13.7. The molecule has 0 spiro atoms. The van der Waals surface area contributed by atoms with Crippen molar-refractivity contribution in [2.45, 2.75) is 32.7 Å². The summed E-state index contributed by atoms with van der Waals surface area (Å²) in [5.41, 5.74) is 0.357. The second-order valence-electron chi connectivity index (χ2n) is 4.14. The first-order valence-electron chi connectivity index (χ1n) is 5.81. The highest BCUT2D eigenvalue weighted by atomic mass is 19.1. The highest BCUT2D eigenvalue weighted by Gasteiger charge is 2.19. The molecular weight excluding hydrogens is 239 g/mol. The first kappa shape index (κ1) is 14.4. The van der Waals surface area contributed by atoms with Gasteiger partial charge in [-0.15, -0.1) is 0 Å². The van der Waals surface area contributed by atoms with Gasteiger partial charge in [0.1, 0.15) is 11.5 Å². The predicted molar refractivity (Wildman–Crippen MR) is 67.2 cm³/mol. The topological polar surface area (TPSA) is 75.4 Å². The van der Waals surface area contributed by atoms with E-state index in [1.807, 2.05) is 6.92 Å². The SMILES string of the molecule is CCC(CCO)Nc1cc(C)c(F)cc1[N+](=O)[O-]. The normalized spacial score (nSPS) is 12.2. The molecule has 5 nitrogen and oxygen atoms in total. The van der Waals surface area contributed by atoms with Gasteiger partial charge in [0, 0.05) is 12.6 Å². The first-order chi connectivity index (χ1) is 8.49. The first-order valence-corrected chi connectivity index (χ1v) is 5.81. The van der Waals surface area contributed by atoms with Crippen molar-refractivity contribution < 1.29 is 14.4 Å². The standard InChI is InChI=1S/C12H17FN2O3/c1-3-9(4-5-16)14-11-6-8(2)10(13)7-12(11)15(17)18/h6-7,9,14,16H,3-5H2,1-2H3. The zero-order valence-corrected chi connectivity index (χ0v) is 10.4. The number of benzene rings is 1. The van der Waals surface area contributed by atoms with Crippen molar-refractivity contribution in [1.29, 1.82) is 0 Å². The molecule has 0 amide bonds. The molecule has 1 rings (SSSR count). The predicted octanol–water partition coefficient (Wildman–Crippen LogP) is 2.62. The number of aliphatic hydroxyl groups excluding tert-OH is 1. The Labute approximate surface area is 105 Å². The lowest BCUT2D eigenvalue weighted by atomic mass is 10.1. The van der Waals surface area contributed by atoms with Gasteiger partial charge in [-0.2, -0.15) is 0 Å². The molecule has 0 aliphatic heterocycles. The Morgan fingerprint density at radius 1 is 1.56 bits per heavy atom. The lowest BCUT2D eigenvalue weighted by Gasteiger charge is -2.17. The van der Waals surface area contributed by atoms with Crippen molar-refractivity contribution in [2.75, 3.05) is 11.9 Å². The molecule has 100 valence electrons. The van der Waals surface area contributed by atoms with Gasteiger partial charge in [0.25, 0.3) is 5.69 Å². The van der Waals surface area contributed by atoms with E-state index < -0.39 is 10.7 Å². The summed E-state index contributed by atoms with van der Waals surface area (Å²) in [5, 5.41) is 22.7. The summed E-state index contributed by atoms with van der Waals surface area (Å²) in [6.07, 6.45) is 1.21. The van der Waals surface area contributed by atoms with E-state index >= 15 is 0 Å². The molecule has 1 unspecified atom stereocenters. The molecule has 0 aliphatic carbocycles. The fourth-order valence-corrected chi connectivity index (χ4v) is 1.69. The Morgan fingerprint density at radius 2 is 2.22 bits per heavy atom. The molecule has 1 aromatic carbocycles. The molecule has 2 N–H and O–H groups in total. The molecule has 1 aromatic rings. The Balaban J connectivity index is 3.06. The van der Waals surface area contributed by atoms with Gasteiger partial charge in [-0.3, -0.25) is 10.1 Å². The van der Waals surface area contributed by atoms with Gasteiger partial charge < -0.3 is 10.4 Å². The van der Waals surface area contributed by atoms with E-state index in [2.05, 4.69) is 5.32 Å². The molecule has 0 saturated carbocycles. The number of anilines is 1. The number of aliphatic hydroxyl groups is 1. The highest BCUT2D eigenvalue weighted by molar-refractivity contribution is 5.63. The molecule has 6 heteroatoms. The van der Waals surface area contributed by atoms with Crippen LogP contribution >= 0.6 is 0 Å². The van der Waals surface area contributed by atoms with E-state index in [-0.39, 0.29) is 18.3 Å². The molecule has 0 aliphatic rings. The van der Waals surface area contributed by atoms with E-state index in [1.165, 1.54) is 6.07 Å². The van der Waals surface area contributed by atoms with Crippen LogP contribution in [0.25, 0.3) is 0 Å². The molecular formula is C12H17FN2O3. The Morgan fingerprint density at radius 3 is 2.72 bits per heavy atom. The molecule has 0 aromatic heterocycles. The van der Waals surface area contributed by atoms with Crippen LogP contribution in [0, 0.1) is 22.9 Å². The van der Waals surface area contributed by atoms with Crippen LogP contribution in [0.1, 0.15) is 25.3 Å². The Hall–Kier alpha value is -1.69. The van der Waals surface area contributed by atoms with E-state index in [1.54, 1.807) is 6.92 Å². The number of rotatable bonds is 6. The second-order valence-corrected chi connectivity index (χ2v) is 4.14. The Kier molecular flexibility index (Phi) is 5.03. The van der Waals surface area contributed by atoms with E-state index in [9.17, 15) is 14.5 Å². The molecule has 1 atom stereocenters. The van der Waals surface area contributed by atoms with E-state index in [4.69, 9.17) is 5.11 Å². The third kappa shape index (κ3) is 3.40. The number of hydrogen-bond acceptors (Lipinski definition) is 4. The summed E-state index contributed by atoms with van der Waals surface area (Å²) in [7, 11) is 0. The van der Waals surface area contributed by atoms with E-state index in [0.29, 0.717) is 24.1 Å². The minimum absolute atomic E-state index is 0.000515. The van der Waals surface area contributed by atoms with Crippen molar-refractivity contribution in [2.24, 2.45) is 0 Å². The third-order valence-corrected chi connectivity index (χ3v) is 2.80. The van der Waals surface area contributed by atoms with Gasteiger partial charge in [-0.25, -0.2) is 4.39 Å². The summed E-state index contributed by atoms with van der Waals surface area (Å²) in [5.74, 6) is -0.595. The van der Waals surface area contributed by atoms with E-state index in [0.717, 1.165) is 6.07 Å². The van der Waals surface area contributed by atoms with Gasteiger partial charge in [0.15, 0.2) is 0 Å². The highest BCUT2D eigenvalue weighted by Crippen LogP contribution is 2.28. The number of nitrogens with one attached hydrogen (secondary N) is 1. The molecule has 0 fully saturated rings. The lowest BCUT2D eigenvalue weighted by molar-refractivity contribution is -0.384. The van der Waals surface area contributed by atoms with Crippen LogP contribution in [0.3, 0.4) is 0 Å². The monoisotopic (exact) mass is 256 g/mol. The quantitative estimate of drug-likeness (QED) is 0.606. The van der Waals surface area contributed by atoms with Crippen molar-refractivity contribution in [3.05, 3.63) is 33.6 Å². The molecule has 18 heavy (non-hydrogen) atoms. The lowest BCUT2D eigenvalue weighted by Crippen LogP contribution is -2.20. The maximum absolute atomic E-state index is 13.3. The van der Waals surface area contributed by atoms with Crippen LogP contribution in [0.4, 0.5) is 15.8 Å². The van der Waals surface area contributed by atoms with Crippen LogP contribution in [-0.2, 0) is 0 Å². The van der Waals surface area contributed by atoms with Gasteiger partial charge in [-0.05, 0) is 31.4 Å². The smallest absolute Gasteiger partial charge is 0.295 e. The van der Waals surface area contributed by atoms with Gasteiger partial charge in [-0.1, -0.05) is 6.92 Å². The minimum Gasteiger partial charge on any atom is -0.396 e.